The van der Waals surface area contributed by atoms with Crippen molar-refractivity contribution in [2.24, 2.45) is 5.92 Å². The van der Waals surface area contributed by atoms with Crippen molar-refractivity contribution in [2.75, 3.05) is 6.54 Å². The molecule has 1 N–H and O–H groups in total. The molecule has 1 nitrogen and oxygen atoms in total. The molecule has 0 aliphatic rings. The lowest BCUT2D eigenvalue weighted by molar-refractivity contribution is 0.426. The van der Waals surface area contributed by atoms with E-state index in [1.54, 1.807) is 6.07 Å². The van der Waals surface area contributed by atoms with Gasteiger partial charge in [0.2, 0.25) is 0 Å². The molecule has 0 bridgehead atoms. The standard InChI is InChI=1S/C15H24FN/c1-10(2)17-9-12(4)13(5)14-6-7-15(16)11(3)8-14/h6-8,10,12-13,17H,9H2,1-5H3. The van der Waals surface area contributed by atoms with Crippen LogP contribution in [0.5, 0.6) is 0 Å². The van der Waals surface area contributed by atoms with Crippen LogP contribution in [-0.2, 0) is 0 Å². The van der Waals surface area contributed by atoms with Crippen molar-refractivity contribution in [1.29, 1.82) is 0 Å². The molecule has 2 atom stereocenters. The van der Waals surface area contributed by atoms with Crippen molar-refractivity contribution in [1.82, 2.24) is 5.32 Å². The van der Waals surface area contributed by atoms with Crippen molar-refractivity contribution in [3.63, 3.8) is 0 Å². The lowest BCUT2D eigenvalue weighted by atomic mass is 9.88. The third-order valence-corrected chi connectivity index (χ3v) is 3.41. The maximum absolute atomic E-state index is 13.2. The summed E-state index contributed by atoms with van der Waals surface area (Å²) in [6.45, 7) is 11.6. The molecule has 0 saturated heterocycles. The Bertz CT molecular complexity index is 360. The smallest absolute Gasteiger partial charge is 0.126 e. The van der Waals surface area contributed by atoms with E-state index in [-0.39, 0.29) is 5.82 Å². The second kappa shape index (κ2) is 6.15. The van der Waals surface area contributed by atoms with Crippen LogP contribution >= 0.6 is 0 Å². The zero-order valence-corrected chi connectivity index (χ0v) is 11.5. The Labute approximate surface area is 104 Å². The largest absolute Gasteiger partial charge is 0.314 e. The number of rotatable bonds is 5. The normalized spacial score (nSPS) is 15.0. The lowest BCUT2D eigenvalue weighted by Gasteiger charge is -2.22. The van der Waals surface area contributed by atoms with Crippen LogP contribution in [-0.4, -0.2) is 12.6 Å². The number of aryl methyl sites for hydroxylation is 1. The van der Waals surface area contributed by atoms with E-state index >= 15 is 0 Å². The van der Waals surface area contributed by atoms with E-state index in [1.165, 1.54) is 5.56 Å². The molecule has 96 valence electrons. The van der Waals surface area contributed by atoms with Crippen LogP contribution in [0.4, 0.5) is 4.39 Å². The van der Waals surface area contributed by atoms with Crippen LogP contribution in [0.2, 0.25) is 0 Å². The Morgan fingerprint density at radius 1 is 1.18 bits per heavy atom. The highest BCUT2D eigenvalue weighted by molar-refractivity contribution is 5.26. The maximum atomic E-state index is 13.2. The fraction of sp³-hybridized carbons (Fsp3) is 0.600. The summed E-state index contributed by atoms with van der Waals surface area (Å²) in [6, 6.07) is 5.95. The van der Waals surface area contributed by atoms with Gasteiger partial charge in [0.15, 0.2) is 0 Å². The van der Waals surface area contributed by atoms with Crippen molar-refractivity contribution in [3.05, 3.63) is 35.1 Å². The number of hydrogen-bond donors (Lipinski definition) is 1. The average Bonchev–Trinajstić information content (AvgIpc) is 2.28. The van der Waals surface area contributed by atoms with Gasteiger partial charge in [-0.15, -0.1) is 0 Å². The van der Waals surface area contributed by atoms with Gasteiger partial charge in [0, 0.05) is 6.04 Å². The topological polar surface area (TPSA) is 12.0 Å². The Morgan fingerprint density at radius 2 is 1.82 bits per heavy atom. The molecule has 2 unspecified atom stereocenters. The highest BCUT2D eigenvalue weighted by Crippen LogP contribution is 2.25. The quantitative estimate of drug-likeness (QED) is 0.819. The zero-order valence-electron chi connectivity index (χ0n) is 11.5. The zero-order chi connectivity index (χ0) is 13.0. The van der Waals surface area contributed by atoms with Crippen LogP contribution in [0.15, 0.2) is 18.2 Å². The molecule has 1 aromatic rings. The molecule has 2 heteroatoms. The van der Waals surface area contributed by atoms with Gasteiger partial charge in [-0.25, -0.2) is 4.39 Å². The fourth-order valence-corrected chi connectivity index (χ4v) is 1.88. The Hall–Kier alpha value is -0.890. The molecule has 0 saturated carbocycles. The molecular formula is C15H24FN. The molecular weight excluding hydrogens is 213 g/mol. The minimum atomic E-state index is -0.117. The van der Waals surface area contributed by atoms with Gasteiger partial charge in [0.1, 0.15) is 5.82 Å². The molecule has 0 aromatic heterocycles. The van der Waals surface area contributed by atoms with Gasteiger partial charge in [0.05, 0.1) is 0 Å². The summed E-state index contributed by atoms with van der Waals surface area (Å²) in [4.78, 5) is 0. The molecule has 0 heterocycles. The van der Waals surface area contributed by atoms with Crippen LogP contribution in [0.25, 0.3) is 0 Å². The molecule has 1 aromatic carbocycles. The average molecular weight is 237 g/mol. The third kappa shape index (κ3) is 4.12. The summed E-state index contributed by atoms with van der Waals surface area (Å²) < 4.78 is 13.2. The van der Waals surface area contributed by atoms with Crippen LogP contribution < -0.4 is 5.32 Å². The van der Waals surface area contributed by atoms with Gasteiger partial charge < -0.3 is 5.32 Å². The van der Waals surface area contributed by atoms with Crippen molar-refractivity contribution in [2.45, 2.75) is 46.6 Å². The minimum absolute atomic E-state index is 0.117. The summed E-state index contributed by atoms with van der Waals surface area (Å²) in [6.07, 6.45) is 0. The minimum Gasteiger partial charge on any atom is -0.314 e. The number of nitrogens with one attached hydrogen (secondary N) is 1. The van der Waals surface area contributed by atoms with Gasteiger partial charge in [-0.1, -0.05) is 39.8 Å². The molecule has 0 radical (unpaired) electrons. The molecule has 1 rings (SSSR count). The second-order valence-electron chi connectivity index (χ2n) is 5.34. The highest BCUT2D eigenvalue weighted by atomic mass is 19.1. The van der Waals surface area contributed by atoms with E-state index in [0.717, 1.165) is 12.1 Å². The molecule has 0 aliphatic carbocycles. The van der Waals surface area contributed by atoms with Gasteiger partial charge in [-0.3, -0.25) is 0 Å². The van der Waals surface area contributed by atoms with Crippen molar-refractivity contribution in [3.8, 4) is 0 Å². The second-order valence-corrected chi connectivity index (χ2v) is 5.34. The summed E-state index contributed by atoms with van der Waals surface area (Å²) in [5.41, 5.74) is 1.96. The number of hydrogen-bond acceptors (Lipinski definition) is 1. The summed E-state index contributed by atoms with van der Waals surface area (Å²) in [7, 11) is 0. The molecule has 17 heavy (non-hydrogen) atoms. The van der Waals surface area contributed by atoms with Gasteiger partial charge in [-0.05, 0) is 42.5 Å². The van der Waals surface area contributed by atoms with E-state index in [4.69, 9.17) is 0 Å². The first-order valence-corrected chi connectivity index (χ1v) is 6.41. The van der Waals surface area contributed by atoms with E-state index in [0.29, 0.717) is 17.9 Å². The summed E-state index contributed by atoms with van der Waals surface area (Å²) in [5, 5.41) is 3.45. The van der Waals surface area contributed by atoms with Crippen molar-refractivity contribution < 1.29 is 4.39 Å². The molecule has 0 amide bonds. The summed E-state index contributed by atoms with van der Waals surface area (Å²) in [5.74, 6) is 0.872. The van der Waals surface area contributed by atoms with Gasteiger partial charge >= 0.3 is 0 Å². The van der Waals surface area contributed by atoms with E-state index in [9.17, 15) is 4.39 Å². The van der Waals surface area contributed by atoms with Crippen molar-refractivity contribution >= 4 is 0 Å². The fourth-order valence-electron chi connectivity index (χ4n) is 1.88. The summed E-state index contributed by atoms with van der Waals surface area (Å²) >= 11 is 0. The van der Waals surface area contributed by atoms with Crippen LogP contribution in [0, 0.1) is 18.7 Å². The lowest BCUT2D eigenvalue weighted by Crippen LogP contribution is -2.29. The van der Waals surface area contributed by atoms with Gasteiger partial charge in [0.25, 0.3) is 0 Å². The number of benzene rings is 1. The van der Waals surface area contributed by atoms with Crippen LogP contribution in [0.1, 0.15) is 44.7 Å². The monoisotopic (exact) mass is 237 g/mol. The third-order valence-electron chi connectivity index (χ3n) is 3.41. The number of halogens is 1. The van der Waals surface area contributed by atoms with Crippen LogP contribution in [0.3, 0.4) is 0 Å². The molecule has 0 aliphatic heterocycles. The Balaban J connectivity index is 2.67. The maximum Gasteiger partial charge on any atom is 0.126 e. The van der Waals surface area contributed by atoms with E-state index in [1.807, 2.05) is 19.1 Å². The Kier molecular flexibility index (Phi) is 5.13. The Morgan fingerprint density at radius 3 is 2.35 bits per heavy atom. The molecule has 0 spiro atoms. The first kappa shape index (κ1) is 14.2. The van der Waals surface area contributed by atoms with E-state index < -0.39 is 0 Å². The van der Waals surface area contributed by atoms with E-state index in [2.05, 4.69) is 33.0 Å². The predicted octanol–water partition coefficient (Wildman–Crippen LogP) is 3.87. The first-order chi connectivity index (χ1) is 7.91. The predicted molar refractivity (Wildman–Crippen MR) is 71.9 cm³/mol. The molecule has 0 fully saturated rings. The van der Waals surface area contributed by atoms with Gasteiger partial charge in [-0.2, -0.15) is 0 Å². The first-order valence-electron chi connectivity index (χ1n) is 6.41. The SMILES string of the molecule is Cc1cc(C(C)C(C)CNC(C)C)ccc1F. The highest BCUT2D eigenvalue weighted by Gasteiger charge is 2.15.